The highest BCUT2D eigenvalue weighted by molar-refractivity contribution is 6.33. The van der Waals surface area contributed by atoms with E-state index in [0.29, 0.717) is 53.3 Å². The summed E-state index contributed by atoms with van der Waals surface area (Å²) in [5.74, 6) is 1.96. The largest absolute Gasteiger partial charge is 0.490 e. The topological polar surface area (TPSA) is 60.0 Å². The minimum atomic E-state index is -0.273. The van der Waals surface area contributed by atoms with Crippen molar-refractivity contribution in [3.05, 3.63) is 40.9 Å². The van der Waals surface area contributed by atoms with Gasteiger partial charge in [-0.15, -0.1) is 0 Å². The van der Waals surface area contributed by atoms with E-state index in [9.17, 15) is 4.79 Å². The van der Waals surface area contributed by atoms with Gasteiger partial charge in [0, 0.05) is 24.3 Å². The number of anilines is 2. The second-order valence-corrected chi connectivity index (χ2v) is 8.30. The Morgan fingerprint density at radius 3 is 2.12 bits per heavy atom. The van der Waals surface area contributed by atoms with Gasteiger partial charge in [-0.2, -0.15) is 0 Å². The molecule has 0 radical (unpaired) electrons. The normalized spacial score (nSPS) is 14.2. The minimum Gasteiger partial charge on any atom is -0.490 e. The average Bonchev–Trinajstić information content (AvgIpc) is 2.77. The number of carbonyl (C=O) groups is 1. The van der Waals surface area contributed by atoms with Crippen LogP contribution in [0.15, 0.2) is 30.3 Å². The van der Waals surface area contributed by atoms with Gasteiger partial charge in [-0.05, 0) is 69.9 Å². The smallest absolute Gasteiger partial charge is 0.255 e. The Balaban J connectivity index is 1.81. The Hall–Kier alpha value is -2.60. The van der Waals surface area contributed by atoms with Crippen molar-refractivity contribution in [3.63, 3.8) is 0 Å². The molecule has 0 spiro atoms. The highest BCUT2D eigenvalue weighted by Gasteiger charge is 2.20. The molecule has 0 unspecified atom stereocenters. The third-order valence-electron chi connectivity index (χ3n) is 5.50. The lowest BCUT2D eigenvalue weighted by Crippen LogP contribution is -2.32. The van der Waals surface area contributed by atoms with E-state index in [1.54, 1.807) is 18.2 Å². The number of benzene rings is 2. The molecule has 0 bridgehead atoms. The fraction of sp³-hybridized carbons (Fsp3) is 0.480. The van der Waals surface area contributed by atoms with Crippen LogP contribution in [-0.2, 0) is 0 Å². The maximum absolute atomic E-state index is 13.0. The van der Waals surface area contributed by atoms with Crippen LogP contribution in [0.2, 0.25) is 5.02 Å². The zero-order valence-corrected chi connectivity index (χ0v) is 20.1. The quantitative estimate of drug-likeness (QED) is 0.495. The third-order valence-corrected chi connectivity index (χ3v) is 5.80. The molecule has 2 aromatic rings. The van der Waals surface area contributed by atoms with E-state index in [-0.39, 0.29) is 5.91 Å². The van der Waals surface area contributed by atoms with Crippen LogP contribution in [0.1, 0.15) is 50.9 Å². The Labute approximate surface area is 195 Å². The molecule has 174 valence electrons. The van der Waals surface area contributed by atoms with Crippen LogP contribution < -0.4 is 24.4 Å². The molecule has 2 aromatic carbocycles. The van der Waals surface area contributed by atoms with Gasteiger partial charge >= 0.3 is 0 Å². The van der Waals surface area contributed by atoms with E-state index >= 15 is 0 Å². The van der Waals surface area contributed by atoms with Crippen LogP contribution in [0.3, 0.4) is 0 Å². The summed E-state index contributed by atoms with van der Waals surface area (Å²) in [4.78, 5) is 15.3. The number of halogens is 1. The first-order valence-corrected chi connectivity index (χ1v) is 11.8. The Morgan fingerprint density at radius 1 is 1.00 bits per heavy atom. The Kier molecular flexibility index (Phi) is 8.51. The summed E-state index contributed by atoms with van der Waals surface area (Å²) in [6, 6.07) is 9.02. The molecule has 0 atom stereocenters. The second kappa shape index (κ2) is 11.3. The maximum atomic E-state index is 13.0. The van der Waals surface area contributed by atoms with Crippen LogP contribution in [0, 0.1) is 5.92 Å². The van der Waals surface area contributed by atoms with Crippen molar-refractivity contribution in [1.29, 1.82) is 0 Å². The molecular weight excluding hydrogens is 428 g/mol. The molecule has 0 saturated carbocycles. The van der Waals surface area contributed by atoms with Gasteiger partial charge in [-0.25, -0.2) is 0 Å². The SMILES string of the molecule is CCOc1cc(C(=O)Nc2ccc(N3CCC(C)CC3)c(Cl)c2)cc(OCC)c1OCC. The number of ether oxygens (including phenoxy) is 3. The monoisotopic (exact) mass is 460 g/mol. The van der Waals surface area contributed by atoms with Gasteiger partial charge in [0.05, 0.1) is 30.5 Å². The predicted octanol–water partition coefficient (Wildman–Crippen LogP) is 6.02. The molecule has 0 aliphatic carbocycles. The zero-order valence-electron chi connectivity index (χ0n) is 19.4. The molecule has 1 aliphatic rings. The second-order valence-electron chi connectivity index (χ2n) is 7.89. The lowest BCUT2D eigenvalue weighted by Gasteiger charge is -2.32. The number of amides is 1. The van der Waals surface area contributed by atoms with Gasteiger partial charge < -0.3 is 24.4 Å². The predicted molar refractivity (Wildman–Crippen MR) is 130 cm³/mol. The number of nitrogens with one attached hydrogen (secondary N) is 1. The molecule has 1 N–H and O–H groups in total. The van der Waals surface area contributed by atoms with E-state index in [1.807, 2.05) is 32.9 Å². The molecular formula is C25H33ClN2O4. The van der Waals surface area contributed by atoms with Crippen molar-refractivity contribution >= 4 is 28.9 Å². The van der Waals surface area contributed by atoms with Crippen LogP contribution in [0.25, 0.3) is 0 Å². The molecule has 0 aromatic heterocycles. The van der Waals surface area contributed by atoms with Crippen LogP contribution in [0.4, 0.5) is 11.4 Å². The van der Waals surface area contributed by atoms with Gasteiger partial charge in [0.1, 0.15) is 0 Å². The summed E-state index contributed by atoms with van der Waals surface area (Å²) in [7, 11) is 0. The fourth-order valence-electron chi connectivity index (χ4n) is 3.81. The highest BCUT2D eigenvalue weighted by Crippen LogP contribution is 2.39. The summed E-state index contributed by atoms with van der Waals surface area (Å²) in [6.07, 6.45) is 2.33. The number of hydrogen-bond acceptors (Lipinski definition) is 5. The van der Waals surface area contributed by atoms with E-state index in [0.717, 1.165) is 37.5 Å². The molecule has 1 amide bonds. The standard InChI is InChI=1S/C25H33ClN2O4/c1-5-30-22-14-18(15-23(31-6-2)24(22)32-7-3)25(29)27-19-8-9-21(20(26)16-19)28-12-10-17(4)11-13-28/h8-9,14-17H,5-7,10-13H2,1-4H3,(H,27,29). The molecule has 1 saturated heterocycles. The molecule has 1 fully saturated rings. The van der Waals surface area contributed by atoms with Crippen molar-refractivity contribution in [2.24, 2.45) is 5.92 Å². The van der Waals surface area contributed by atoms with E-state index < -0.39 is 0 Å². The zero-order chi connectivity index (χ0) is 23.1. The van der Waals surface area contributed by atoms with E-state index in [2.05, 4.69) is 17.1 Å². The van der Waals surface area contributed by atoms with Gasteiger partial charge in [0.25, 0.3) is 5.91 Å². The summed E-state index contributed by atoms with van der Waals surface area (Å²) >= 11 is 6.57. The summed E-state index contributed by atoms with van der Waals surface area (Å²) in [5, 5.41) is 3.57. The summed E-state index contributed by atoms with van der Waals surface area (Å²) in [5.41, 5.74) is 2.07. The van der Waals surface area contributed by atoms with Crippen LogP contribution in [-0.4, -0.2) is 38.8 Å². The number of nitrogens with zero attached hydrogens (tertiary/aromatic N) is 1. The van der Waals surface area contributed by atoms with Gasteiger partial charge in [-0.1, -0.05) is 18.5 Å². The van der Waals surface area contributed by atoms with Crippen molar-refractivity contribution in [2.45, 2.75) is 40.5 Å². The van der Waals surface area contributed by atoms with Crippen molar-refractivity contribution in [3.8, 4) is 17.2 Å². The van der Waals surface area contributed by atoms with Crippen molar-refractivity contribution in [1.82, 2.24) is 0 Å². The maximum Gasteiger partial charge on any atom is 0.255 e. The number of piperidine rings is 1. The first-order chi connectivity index (χ1) is 15.5. The summed E-state index contributed by atoms with van der Waals surface area (Å²) < 4.78 is 17.1. The number of rotatable bonds is 9. The van der Waals surface area contributed by atoms with Crippen LogP contribution in [0.5, 0.6) is 17.2 Å². The fourth-order valence-corrected chi connectivity index (χ4v) is 4.11. The number of carbonyl (C=O) groups excluding carboxylic acids is 1. The lowest BCUT2D eigenvalue weighted by molar-refractivity contribution is 0.102. The van der Waals surface area contributed by atoms with Gasteiger partial charge in [0.2, 0.25) is 5.75 Å². The van der Waals surface area contributed by atoms with Crippen molar-refractivity contribution < 1.29 is 19.0 Å². The molecule has 6 nitrogen and oxygen atoms in total. The molecule has 3 rings (SSSR count). The van der Waals surface area contributed by atoms with Crippen molar-refractivity contribution in [2.75, 3.05) is 43.1 Å². The van der Waals surface area contributed by atoms with E-state index in [4.69, 9.17) is 25.8 Å². The van der Waals surface area contributed by atoms with Crippen LogP contribution >= 0.6 is 11.6 Å². The Morgan fingerprint density at radius 2 is 1.59 bits per heavy atom. The average molecular weight is 461 g/mol. The first-order valence-electron chi connectivity index (χ1n) is 11.4. The molecule has 7 heteroatoms. The summed E-state index contributed by atoms with van der Waals surface area (Å²) in [6.45, 7) is 11.3. The minimum absolute atomic E-state index is 0.273. The molecule has 1 aliphatic heterocycles. The lowest BCUT2D eigenvalue weighted by atomic mass is 9.99. The molecule has 32 heavy (non-hydrogen) atoms. The number of hydrogen-bond donors (Lipinski definition) is 1. The van der Waals surface area contributed by atoms with Gasteiger partial charge in [-0.3, -0.25) is 4.79 Å². The highest BCUT2D eigenvalue weighted by atomic mass is 35.5. The third kappa shape index (κ3) is 5.80. The van der Waals surface area contributed by atoms with E-state index in [1.165, 1.54) is 0 Å². The molecule has 1 heterocycles. The first kappa shape index (κ1) is 24.1. The van der Waals surface area contributed by atoms with Gasteiger partial charge in [0.15, 0.2) is 11.5 Å². The Bertz CT molecular complexity index is 899.